The van der Waals surface area contributed by atoms with Crippen molar-refractivity contribution in [3.8, 4) is 0 Å². The van der Waals surface area contributed by atoms with Crippen molar-refractivity contribution < 1.29 is 4.57 Å². The van der Waals surface area contributed by atoms with E-state index in [0.29, 0.717) is 0 Å². The Hall–Kier alpha value is 1.69. The molecule has 0 atom stereocenters. The first-order chi connectivity index (χ1) is 9.56. The maximum Gasteiger partial charge on any atom is 0.198 e. The van der Waals surface area contributed by atoms with Crippen LogP contribution in [0.25, 0.3) is 0 Å². The molecule has 0 N–H and O–H groups in total. The summed E-state index contributed by atoms with van der Waals surface area (Å²) in [6.45, 7) is 2.28. The maximum atomic E-state index is 11.5. The summed E-state index contributed by atoms with van der Waals surface area (Å²) in [7, 11) is 0. The van der Waals surface area contributed by atoms with Gasteiger partial charge in [0.2, 0.25) is 0 Å². The lowest BCUT2D eigenvalue weighted by molar-refractivity contribution is 0.538. The summed E-state index contributed by atoms with van der Waals surface area (Å²) < 4.78 is 9.70. The van der Waals surface area contributed by atoms with Gasteiger partial charge >= 0.3 is 0 Å². The lowest BCUT2D eigenvalue weighted by Crippen LogP contribution is -1.84. The zero-order valence-electron chi connectivity index (χ0n) is 13.2. The summed E-state index contributed by atoms with van der Waals surface area (Å²) in [4.78, 5) is 0. The topological polar surface area (TPSA) is 17.1 Å². The molecule has 0 unspecified atom stereocenters. The summed E-state index contributed by atoms with van der Waals surface area (Å²) in [5.74, 6) is 0. The molecule has 4 heteroatoms. The SMILES string of the molecule is CCCCCCCCCCCCCCCCP(=O)(I)I. The third kappa shape index (κ3) is 19.7. The van der Waals surface area contributed by atoms with E-state index in [1.54, 1.807) is 0 Å². The summed E-state index contributed by atoms with van der Waals surface area (Å²) >= 11 is 4.23. The number of hydrogen-bond acceptors (Lipinski definition) is 1. The maximum absolute atomic E-state index is 11.5. The second-order valence-electron chi connectivity index (χ2n) is 5.89. The molecule has 0 saturated heterocycles. The van der Waals surface area contributed by atoms with Crippen molar-refractivity contribution in [2.75, 3.05) is 6.16 Å². The molecular formula is C16H33I2OP. The summed E-state index contributed by atoms with van der Waals surface area (Å²) in [5, 5.41) is 0. The fourth-order valence-corrected chi connectivity index (χ4v) is 5.13. The second-order valence-corrected chi connectivity index (χ2v) is 22.4. The second kappa shape index (κ2) is 15.6. The van der Waals surface area contributed by atoms with Crippen LogP contribution in [0.15, 0.2) is 0 Å². The van der Waals surface area contributed by atoms with Crippen LogP contribution in [-0.2, 0) is 4.57 Å². The first-order valence-corrected chi connectivity index (χ1v) is 16.0. The Morgan fingerprint density at radius 1 is 0.600 bits per heavy atom. The molecule has 0 fully saturated rings. The van der Waals surface area contributed by atoms with E-state index < -0.39 is 2.43 Å². The van der Waals surface area contributed by atoms with Crippen molar-refractivity contribution in [3.05, 3.63) is 0 Å². The summed E-state index contributed by atoms with van der Waals surface area (Å²) in [6.07, 6.45) is 20.3. The van der Waals surface area contributed by atoms with Gasteiger partial charge < -0.3 is 4.57 Å². The first-order valence-electron chi connectivity index (χ1n) is 8.54. The molecule has 0 aliphatic heterocycles. The van der Waals surface area contributed by atoms with Gasteiger partial charge in [-0.1, -0.05) is 90.4 Å². The fourth-order valence-electron chi connectivity index (χ4n) is 2.49. The molecule has 0 aromatic rings. The van der Waals surface area contributed by atoms with E-state index in [2.05, 4.69) is 51.0 Å². The zero-order valence-corrected chi connectivity index (χ0v) is 18.4. The highest BCUT2D eigenvalue weighted by atomic mass is 127. The Labute approximate surface area is 153 Å². The minimum Gasteiger partial charge on any atom is -0.302 e. The van der Waals surface area contributed by atoms with Crippen molar-refractivity contribution in [3.63, 3.8) is 0 Å². The molecule has 0 saturated carbocycles. The van der Waals surface area contributed by atoms with E-state index in [1.165, 1.54) is 83.5 Å². The van der Waals surface area contributed by atoms with Crippen molar-refractivity contribution in [1.29, 1.82) is 0 Å². The Kier molecular flexibility index (Phi) is 16.9. The van der Waals surface area contributed by atoms with E-state index in [0.717, 1.165) is 12.6 Å². The molecule has 0 radical (unpaired) electrons. The number of hydrogen-bond donors (Lipinski definition) is 0. The third-order valence-electron chi connectivity index (χ3n) is 3.77. The molecule has 0 aliphatic carbocycles. The Balaban J connectivity index is 3.01. The van der Waals surface area contributed by atoms with Crippen LogP contribution >= 0.6 is 46.5 Å². The van der Waals surface area contributed by atoms with Gasteiger partial charge in [-0.05, 0) is 6.42 Å². The number of unbranched alkanes of at least 4 members (excludes halogenated alkanes) is 13. The molecule has 0 rings (SSSR count). The average molecular weight is 526 g/mol. The third-order valence-corrected chi connectivity index (χ3v) is 7.50. The molecule has 0 amide bonds. The quantitative estimate of drug-likeness (QED) is 0.119. The Morgan fingerprint density at radius 3 is 1.20 bits per heavy atom. The predicted molar refractivity (Wildman–Crippen MR) is 111 cm³/mol. The van der Waals surface area contributed by atoms with Crippen LogP contribution in [0.1, 0.15) is 96.8 Å². The smallest absolute Gasteiger partial charge is 0.198 e. The van der Waals surface area contributed by atoms with Crippen LogP contribution < -0.4 is 0 Å². The Morgan fingerprint density at radius 2 is 0.900 bits per heavy atom. The number of rotatable bonds is 15. The largest absolute Gasteiger partial charge is 0.302 e. The molecule has 0 aliphatic rings. The number of halogens is 2. The van der Waals surface area contributed by atoms with Crippen LogP contribution in [-0.4, -0.2) is 6.16 Å². The molecule has 122 valence electrons. The average Bonchev–Trinajstić information content (AvgIpc) is 2.38. The molecule has 0 aromatic carbocycles. The van der Waals surface area contributed by atoms with E-state index >= 15 is 0 Å². The van der Waals surface area contributed by atoms with E-state index in [4.69, 9.17) is 0 Å². The van der Waals surface area contributed by atoms with Crippen molar-refractivity contribution in [2.45, 2.75) is 96.8 Å². The van der Waals surface area contributed by atoms with Crippen LogP contribution in [0.5, 0.6) is 0 Å². The molecule has 0 bridgehead atoms. The van der Waals surface area contributed by atoms with Gasteiger partial charge in [0, 0.05) is 50.2 Å². The summed E-state index contributed by atoms with van der Waals surface area (Å²) in [5.41, 5.74) is 0. The lowest BCUT2D eigenvalue weighted by Gasteiger charge is -2.04. The normalized spacial score (nSPS) is 11.9. The molecule has 0 heterocycles. The van der Waals surface area contributed by atoms with Crippen LogP contribution in [0.2, 0.25) is 0 Å². The van der Waals surface area contributed by atoms with Crippen LogP contribution in [0.3, 0.4) is 0 Å². The lowest BCUT2D eigenvalue weighted by atomic mass is 10.0. The van der Waals surface area contributed by atoms with E-state index in [1.807, 2.05) is 0 Å². The predicted octanol–water partition coefficient (Wildman–Crippen LogP) is 8.53. The van der Waals surface area contributed by atoms with Crippen LogP contribution in [0.4, 0.5) is 0 Å². The monoisotopic (exact) mass is 526 g/mol. The molecular weight excluding hydrogens is 493 g/mol. The zero-order chi connectivity index (χ0) is 15.1. The van der Waals surface area contributed by atoms with Gasteiger partial charge in [0.1, 0.15) is 0 Å². The minimum atomic E-state index is -1.81. The van der Waals surface area contributed by atoms with Crippen molar-refractivity contribution >= 4 is 46.5 Å². The highest BCUT2D eigenvalue weighted by Gasteiger charge is 2.09. The van der Waals surface area contributed by atoms with Gasteiger partial charge in [-0.25, -0.2) is 0 Å². The Bertz CT molecular complexity index is 241. The van der Waals surface area contributed by atoms with E-state index in [-0.39, 0.29) is 0 Å². The molecule has 20 heavy (non-hydrogen) atoms. The molecule has 0 spiro atoms. The van der Waals surface area contributed by atoms with E-state index in [9.17, 15) is 4.57 Å². The molecule has 0 aromatic heterocycles. The van der Waals surface area contributed by atoms with Gasteiger partial charge in [0.25, 0.3) is 0 Å². The van der Waals surface area contributed by atoms with Gasteiger partial charge in [-0.3, -0.25) is 0 Å². The molecule has 1 nitrogen and oxygen atoms in total. The highest BCUT2D eigenvalue weighted by Crippen LogP contribution is 2.63. The van der Waals surface area contributed by atoms with Crippen LogP contribution in [0, 0.1) is 0 Å². The van der Waals surface area contributed by atoms with Gasteiger partial charge in [-0.2, -0.15) is 0 Å². The van der Waals surface area contributed by atoms with Crippen molar-refractivity contribution in [2.24, 2.45) is 0 Å². The highest BCUT2D eigenvalue weighted by molar-refractivity contribution is 14.3. The van der Waals surface area contributed by atoms with Crippen molar-refractivity contribution in [1.82, 2.24) is 0 Å². The minimum absolute atomic E-state index is 0.923. The van der Waals surface area contributed by atoms with Gasteiger partial charge in [0.05, 0.1) is 0 Å². The van der Waals surface area contributed by atoms with Gasteiger partial charge in [-0.15, -0.1) is 0 Å². The fraction of sp³-hybridized carbons (Fsp3) is 1.00. The first kappa shape index (κ1) is 21.7. The summed E-state index contributed by atoms with van der Waals surface area (Å²) in [6, 6.07) is 0. The standard InChI is InChI=1S/C16H33I2OP/c1-2-3-4-5-6-7-8-9-10-11-12-13-14-15-16-20(17,18)19/h2-16H2,1H3. The van der Waals surface area contributed by atoms with Gasteiger partial charge in [0.15, 0.2) is 2.43 Å².